The Labute approximate surface area is 215 Å². The van der Waals surface area contributed by atoms with E-state index >= 15 is 0 Å². The van der Waals surface area contributed by atoms with Crippen molar-refractivity contribution >= 4 is 17.2 Å². The lowest BCUT2D eigenvalue weighted by atomic mass is 9.82. The van der Waals surface area contributed by atoms with E-state index in [1.165, 1.54) is 29.5 Å². The third kappa shape index (κ3) is 5.81. The number of likely N-dealkylation sites (tertiary alicyclic amines) is 1. The molecule has 1 aromatic heterocycles. The number of nitrogens with one attached hydrogen (secondary N) is 1. The summed E-state index contributed by atoms with van der Waals surface area (Å²) in [6.45, 7) is 10.3. The number of hydrogen-bond acceptors (Lipinski definition) is 5. The maximum absolute atomic E-state index is 12.9. The van der Waals surface area contributed by atoms with Gasteiger partial charge in [-0.05, 0) is 80.1 Å². The number of anilines is 2. The number of aryl methyl sites for hydroxylation is 1. The smallest absolute Gasteiger partial charge is 0.133 e. The topological polar surface area (TPSA) is 76.2 Å². The van der Waals surface area contributed by atoms with Crippen molar-refractivity contribution in [3.05, 3.63) is 76.4 Å². The van der Waals surface area contributed by atoms with Crippen LogP contribution in [0.15, 0.2) is 42.7 Å². The highest BCUT2D eigenvalue weighted by molar-refractivity contribution is 5.80. The molecule has 3 aromatic rings. The lowest BCUT2D eigenvalue weighted by Gasteiger charge is -2.23. The van der Waals surface area contributed by atoms with Gasteiger partial charge < -0.3 is 15.6 Å². The van der Waals surface area contributed by atoms with Crippen LogP contribution in [0.4, 0.5) is 11.4 Å². The summed E-state index contributed by atoms with van der Waals surface area (Å²) in [6, 6.07) is 10.8. The first-order chi connectivity index (χ1) is 17.4. The number of rotatable bonds is 11. The summed E-state index contributed by atoms with van der Waals surface area (Å²) in [5.74, 6) is 1.38. The molecule has 2 heterocycles. The first-order valence-corrected chi connectivity index (χ1v) is 13.3. The molecule has 3 N–H and O–H groups in total. The van der Waals surface area contributed by atoms with Crippen molar-refractivity contribution in [1.82, 2.24) is 14.5 Å². The van der Waals surface area contributed by atoms with Crippen molar-refractivity contribution in [2.45, 2.75) is 71.9 Å². The fraction of sp³-hybridized carbons (Fsp3) is 0.467. The summed E-state index contributed by atoms with van der Waals surface area (Å²) in [4.78, 5) is 20.0. The summed E-state index contributed by atoms with van der Waals surface area (Å²) >= 11 is 0. The van der Waals surface area contributed by atoms with Crippen LogP contribution in [0.2, 0.25) is 0 Å². The van der Waals surface area contributed by atoms with Crippen LogP contribution in [-0.4, -0.2) is 40.4 Å². The number of ketones is 1. The zero-order valence-corrected chi connectivity index (χ0v) is 22.3. The summed E-state index contributed by atoms with van der Waals surface area (Å²) in [5.41, 5.74) is 14.0. The van der Waals surface area contributed by atoms with Gasteiger partial charge in [-0.1, -0.05) is 31.2 Å². The zero-order chi connectivity index (χ0) is 25.7. The van der Waals surface area contributed by atoms with Crippen LogP contribution in [0.5, 0.6) is 0 Å². The largest absolute Gasteiger partial charge is 0.397 e. The van der Waals surface area contributed by atoms with E-state index in [2.05, 4.69) is 71.0 Å². The molecule has 2 aromatic carbocycles. The van der Waals surface area contributed by atoms with Gasteiger partial charge in [0.05, 0.1) is 17.9 Å². The molecule has 0 saturated carbocycles. The Morgan fingerprint density at radius 3 is 2.64 bits per heavy atom. The molecular weight excluding hydrogens is 446 g/mol. The van der Waals surface area contributed by atoms with Gasteiger partial charge in [0, 0.05) is 44.7 Å². The summed E-state index contributed by atoms with van der Waals surface area (Å²) in [7, 11) is 1.88. The van der Waals surface area contributed by atoms with Gasteiger partial charge in [0.2, 0.25) is 0 Å². The Balaban J connectivity index is 1.67. The van der Waals surface area contributed by atoms with E-state index in [1.807, 2.05) is 19.3 Å². The fourth-order valence-corrected chi connectivity index (χ4v) is 5.40. The van der Waals surface area contributed by atoms with Crippen molar-refractivity contribution in [1.29, 1.82) is 0 Å². The van der Waals surface area contributed by atoms with Crippen molar-refractivity contribution < 1.29 is 4.79 Å². The lowest BCUT2D eigenvalue weighted by Crippen LogP contribution is -2.21. The van der Waals surface area contributed by atoms with E-state index in [0.717, 1.165) is 60.9 Å². The van der Waals surface area contributed by atoms with Gasteiger partial charge in [0.1, 0.15) is 11.6 Å². The molecule has 0 spiro atoms. The standard InChI is InChI=1S/C30H41N5O/c1-5-8-25(36)18-27(26-11-12-28(32-4)30(31)22(26)3)23-10-9-21(2)24(17-23)19-35-16-13-33-29(35)20-34-14-6-7-15-34/h9-13,16-17,27,32H,5-8,14-15,18-20,31H2,1-4H3. The first-order valence-electron chi connectivity index (χ1n) is 13.3. The minimum absolute atomic E-state index is 0.0246. The molecule has 1 fully saturated rings. The molecule has 6 nitrogen and oxygen atoms in total. The Morgan fingerprint density at radius 1 is 1.14 bits per heavy atom. The Morgan fingerprint density at radius 2 is 1.92 bits per heavy atom. The number of hydrogen-bond donors (Lipinski definition) is 2. The van der Waals surface area contributed by atoms with E-state index in [0.29, 0.717) is 18.6 Å². The van der Waals surface area contributed by atoms with Gasteiger partial charge in [0.25, 0.3) is 0 Å². The highest BCUT2D eigenvalue weighted by Gasteiger charge is 2.23. The highest BCUT2D eigenvalue weighted by Crippen LogP contribution is 2.36. The van der Waals surface area contributed by atoms with E-state index in [1.54, 1.807) is 0 Å². The van der Waals surface area contributed by atoms with Crippen LogP contribution in [0.3, 0.4) is 0 Å². The molecule has 1 atom stereocenters. The quantitative estimate of drug-likeness (QED) is 0.341. The second-order valence-electron chi connectivity index (χ2n) is 10.2. The summed E-state index contributed by atoms with van der Waals surface area (Å²) < 4.78 is 2.27. The molecule has 36 heavy (non-hydrogen) atoms. The van der Waals surface area contributed by atoms with Crippen LogP contribution in [-0.2, 0) is 17.9 Å². The van der Waals surface area contributed by atoms with Crippen molar-refractivity contribution in [2.75, 3.05) is 31.2 Å². The third-order valence-electron chi connectivity index (χ3n) is 7.64. The van der Waals surface area contributed by atoms with Crippen molar-refractivity contribution in [3.63, 3.8) is 0 Å². The predicted molar refractivity (Wildman–Crippen MR) is 149 cm³/mol. The first kappa shape index (κ1) is 26.0. The van der Waals surface area contributed by atoms with Gasteiger partial charge >= 0.3 is 0 Å². The highest BCUT2D eigenvalue weighted by atomic mass is 16.1. The molecular formula is C30H41N5O. The van der Waals surface area contributed by atoms with Crippen LogP contribution >= 0.6 is 0 Å². The van der Waals surface area contributed by atoms with E-state index in [4.69, 9.17) is 5.73 Å². The van der Waals surface area contributed by atoms with Crippen LogP contribution in [0, 0.1) is 13.8 Å². The number of carbonyl (C=O) groups is 1. The fourth-order valence-electron chi connectivity index (χ4n) is 5.40. The normalized spacial score (nSPS) is 14.8. The molecule has 4 rings (SSSR count). The molecule has 6 heteroatoms. The van der Waals surface area contributed by atoms with E-state index in [-0.39, 0.29) is 5.92 Å². The summed E-state index contributed by atoms with van der Waals surface area (Å²) in [6.07, 6.45) is 8.50. The zero-order valence-electron chi connectivity index (χ0n) is 22.3. The van der Waals surface area contributed by atoms with Crippen molar-refractivity contribution in [2.24, 2.45) is 0 Å². The van der Waals surface area contributed by atoms with Gasteiger partial charge in [-0.2, -0.15) is 0 Å². The Hall–Kier alpha value is -3.12. The Bertz CT molecular complexity index is 1190. The number of carbonyl (C=O) groups excluding carboxylic acids is 1. The second-order valence-corrected chi connectivity index (χ2v) is 10.2. The van der Waals surface area contributed by atoms with E-state index in [9.17, 15) is 4.79 Å². The number of nitrogen functional groups attached to an aromatic ring is 1. The molecule has 0 bridgehead atoms. The average molecular weight is 488 g/mol. The SMILES string of the molecule is CCCC(=O)CC(c1ccc(C)c(Cn2ccnc2CN2CCCC2)c1)c1ccc(NC)c(N)c1C. The number of Topliss-reactive ketones (excluding diaryl/α,β-unsaturated/α-hetero) is 1. The van der Waals surface area contributed by atoms with Gasteiger partial charge in [-0.3, -0.25) is 9.69 Å². The number of nitrogens with zero attached hydrogens (tertiary/aromatic N) is 3. The molecule has 0 amide bonds. The molecule has 0 aliphatic carbocycles. The minimum atomic E-state index is -0.0246. The number of nitrogens with two attached hydrogens (primary N) is 1. The van der Waals surface area contributed by atoms with Gasteiger partial charge in [-0.25, -0.2) is 4.98 Å². The lowest BCUT2D eigenvalue weighted by molar-refractivity contribution is -0.119. The molecule has 1 aliphatic heterocycles. The van der Waals surface area contributed by atoms with Crippen molar-refractivity contribution in [3.8, 4) is 0 Å². The van der Waals surface area contributed by atoms with Crippen LogP contribution in [0.1, 0.15) is 78.6 Å². The molecule has 0 radical (unpaired) electrons. The average Bonchev–Trinajstić information content (AvgIpc) is 3.54. The minimum Gasteiger partial charge on any atom is -0.397 e. The second kappa shape index (κ2) is 11.7. The Kier molecular flexibility index (Phi) is 8.47. The van der Waals surface area contributed by atoms with Crippen LogP contribution < -0.4 is 11.1 Å². The number of aromatic nitrogens is 2. The monoisotopic (exact) mass is 487 g/mol. The third-order valence-corrected chi connectivity index (χ3v) is 7.64. The number of imidazole rings is 1. The molecule has 1 unspecified atom stereocenters. The molecule has 1 saturated heterocycles. The summed E-state index contributed by atoms with van der Waals surface area (Å²) in [5, 5.41) is 3.17. The van der Waals surface area contributed by atoms with Crippen LogP contribution in [0.25, 0.3) is 0 Å². The number of benzene rings is 2. The molecule has 1 aliphatic rings. The maximum atomic E-state index is 12.9. The van der Waals surface area contributed by atoms with Gasteiger partial charge in [-0.15, -0.1) is 0 Å². The van der Waals surface area contributed by atoms with E-state index < -0.39 is 0 Å². The van der Waals surface area contributed by atoms with Gasteiger partial charge in [0.15, 0.2) is 0 Å². The molecule has 192 valence electrons. The maximum Gasteiger partial charge on any atom is 0.133 e. The predicted octanol–water partition coefficient (Wildman–Crippen LogP) is 5.66.